The number of anilines is 3. The van der Waals surface area contributed by atoms with E-state index in [9.17, 15) is 28.8 Å². The lowest BCUT2D eigenvalue weighted by atomic mass is 9.83. The van der Waals surface area contributed by atoms with E-state index in [1.54, 1.807) is 67.5 Å². The van der Waals surface area contributed by atoms with Crippen molar-refractivity contribution in [2.24, 2.45) is 5.92 Å². The maximum atomic E-state index is 14.2. The number of likely N-dealkylation sites (N-methyl/N-ethyl adjacent to an activating group) is 1. The number of nitrogens with one attached hydrogen (secondary N) is 3. The number of piperazine rings is 1. The van der Waals surface area contributed by atoms with Crippen LogP contribution in [0.1, 0.15) is 140 Å². The van der Waals surface area contributed by atoms with E-state index in [2.05, 4.69) is 30.8 Å². The van der Waals surface area contributed by atoms with Crippen LogP contribution in [-0.4, -0.2) is 175 Å². The van der Waals surface area contributed by atoms with E-state index >= 15 is 0 Å². The zero-order chi connectivity index (χ0) is 59.0. The first-order valence-electron chi connectivity index (χ1n) is 29.9. The lowest BCUT2D eigenvalue weighted by Crippen LogP contribution is -2.55. The maximum Gasteiger partial charge on any atom is 0.263 e. The molecule has 1 aromatic carbocycles. The lowest BCUT2D eigenvalue weighted by molar-refractivity contribution is -0.139. The number of hydrogen-bond donors (Lipinski definition) is 3. The third kappa shape index (κ3) is 15.8. The van der Waals surface area contributed by atoms with Gasteiger partial charge in [-0.2, -0.15) is 4.98 Å². The molecule has 4 aliphatic rings. The number of Topliss-reactive ketones (excluding diaryl/α,β-unsaturated/α-hetero) is 1. The molecule has 4 fully saturated rings. The number of carbonyl (C=O) groups excluding carboxylic acids is 5. The molecule has 2 saturated carbocycles. The van der Waals surface area contributed by atoms with Gasteiger partial charge in [-0.05, 0) is 102 Å². The number of hydrogen-bond acceptors (Lipinski definition) is 19. The summed E-state index contributed by atoms with van der Waals surface area (Å²) in [4.78, 5) is 105. The fourth-order valence-corrected chi connectivity index (χ4v) is 12.7. The molecule has 22 nitrogen and oxygen atoms in total. The quantitative estimate of drug-likeness (QED) is 0.0330. The zero-order valence-electron chi connectivity index (χ0n) is 48.9. The van der Waals surface area contributed by atoms with Crippen LogP contribution in [-0.2, 0) is 33.3 Å². The van der Waals surface area contributed by atoms with Gasteiger partial charge in [0.25, 0.3) is 5.56 Å². The average Bonchev–Trinajstić information content (AvgIpc) is 1.43. The smallest absolute Gasteiger partial charge is 0.263 e. The molecule has 2 saturated heterocycles. The van der Waals surface area contributed by atoms with Crippen LogP contribution in [0.3, 0.4) is 0 Å². The Labute approximate surface area is 494 Å². The normalized spacial score (nSPS) is 17.6. The van der Waals surface area contributed by atoms with Gasteiger partial charge >= 0.3 is 0 Å². The Balaban J connectivity index is 0.599. The van der Waals surface area contributed by atoms with Crippen LogP contribution < -0.4 is 31.1 Å². The predicted octanol–water partition coefficient (Wildman–Crippen LogP) is 6.76. The van der Waals surface area contributed by atoms with E-state index in [1.165, 1.54) is 18.3 Å². The van der Waals surface area contributed by atoms with Gasteiger partial charge < -0.3 is 54.3 Å². The molecule has 0 radical (unpaired) electrons. The van der Waals surface area contributed by atoms with E-state index < -0.39 is 12.1 Å². The van der Waals surface area contributed by atoms with Crippen LogP contribution >= 0.6 is 11.3 Å². The molecule has 3 atom stereocenters. The second-order valence-corrected chi connectivity index (χ2v) is 22.9. The highest BCUT2D eigenvalue weighted by atomic mass is 32.1. The van der Waals surface area contributed by atoms with Crippen molar-refractivity contribution in [2.75, 3.05) is 109 Å². The first-order valence-corrected chi connectivity index (χ1v) is 30.8. The van der Waals surface area contributed by atoms with Crippen LogP contribution in [0, 0.1) is 12.8 Å². The second-order valence-electron chi connectivity index (χ2n) is 22.1. The number of fused-ring (bicyclic) bond motifs is 1. The van der Waals surface area contributed by atoms with Gasteiger partial charge in [-0.1, -0.05) is 44.2 Å². The Hall–Kier alpha value is -6.76. The number of nitrogens with zero attached hydrogens (tertiary/aromatic N) is 8. The Kier molecular flexibility index (Phi) is 22.3. The number of rotatable bonds is 29. The first-order chi connectivity index (χ1) is 40.9. The molecule has 6 heterocycles. The topological polar surface area (TPSA) is 251 Å². The minimum absolute atomic E-state index is 0.0124. The number of carbonyl (C=O) groups is 5. The number of ether oxygens (including phenoxy) is 5. The molecule has 0 spiro atoms. The van der Waals surface area contributed by atoms with Crippen LogP contribution in [0.25, 0.3) is 11.0 Å². The van der Waals surface area contributed by atoms with Gasteiger partial charge in [0, 0.05) is 61.3 Å². The number of aromatic nitrogens is 5. The summed E-state index contributed by atoms with van der Waals surface area (Å²) < 4.78 is 30.2. The van der Waals surface area contributed by atoms with Gasteiger partial charge in [0.1, 0.15) is 40.6 Å². The van der Waals surface area contributed by atoms with Crippen molar-refractivity contribution in [1.29, 1.82) is 0 Å². The molecule has 5 aromatic rings. The Morgan fingerprint density at radius 1 is 0.762 bits per heavy atom. The fraction of sp³-hybridized carbons (Fsp3) is 0.574. The molecular weight excluding hydrogens is 1090 g/mol. The van der Waals surface area contributed by atoms with E-state index in [-0.39, 0.29) is 71.4 Å². The minimum atomic E-state index is -0.588. The largest absolute Gasteiger partial charge is 0.491 e. The first kappa shape index (κ1) is 61.8. The van der Waals surface area contributed by atoms with Gasteiger partial charge in [-0.15, -0.1) is 11.3 Å². The summed E-state index contributed by atoms with van der Waals surface area (Å²) in [6, 6.07) is 9.56. The predicted molar refractivity (Wildman–Crippen MR) is 318 cm³/mol. The van der Waals surface area contributed by atoms with Gasteiger partial charge in [-0.3, -0.25) is 33.3 Å². The lowest BCUT2D eigenvalue weighted by Gasteiger charge is -2.36. The number of likely N-dealkylation sites (tertiary alicyclic amines) is 1. The van der Waals surface area contributed by atoms with Crippen molar-refractivity contribution in [1.82, 2.24) is 44.9 Å². The van der Waals surface area contributed by atoms with Crippen molar-refractivity contribution in [3.05, 3.63) is 91.9 Å². The number of aryl methyl sites for hydroxylation is 1. The number of pyridine rings is 2. The minimum Gasteiger partial charge on any atom is -0.491 e. The SMILES string of the molecule is CNC(C)C(=O)NC(C(=O)N1CCC[C@H]1c1nc(C(=O)c2cccc(OCCOCCOCCOCCOCCC(=O)N3CCN(c4ccc(Nc5ncc6c(C)c(C(C)=O)c(=O)n(C7CCCC7)c6n5)nc4)CC3)c2)cs1)C1CCCCC1. The van der Waals surface area contributed by atoms with E-state index in [1.807, 2.05) is 21.9 Å². The average molecular weight is 1180 g/mol. The third-order valence-corrected chi connectivity index (χ3v) is 17.4. The van der Waals surface area contributed by atoms with Crippen molar-refractivity contribution >= 4 is 69.1 Å². The number of benzene rings is 1. The summed E-state index contributed by atoms with van der Waals surface area (Å²) in [6.07, 6.45) is 14.1. The molecule has 4 aromatic heterocycles. The summed E-state index contributed by atoms with van der Waals surface area (Å²) in [6.45, 7) is 11.3. The van der Waals surface area contributed by atoms with Crippen molar-refractivity contribution < 1.29 is 47.7 Å². The number of amides is 3. The van der Waals surface area contributed by atoms with E-state index in [0.717, 1.165) is 81.3 Å². The molecule has 0 bridgehead atoms. The summed E-state index contributed by atoms with van der Waals surface area (Å²) in [5.74, 6) is 0.806. The van der Waals surface area contributed by atoms with Gasteiger partial charge in [0.05, 0.1) is 88.8 Å². The molecule has 2 aliphatic heterocycles. The van der Waals surface area contributed by atoms with E-state index in [0.29, 0.717) is 131 Å². The van der Waals surface area contributed by atoms with Gasteiger partial charge in [0.2, 0.25) is 29.5 Å². The summed E-state index contributed by atoms with van der Waals surface area (Å²) in [5.41, 5.74) is 2.73. The fourth-order valence-electron chi connectivity index (χ4n) is 11.7. The summed E-state index contributed by atoms with van der Waals surface area (Å²) in [5, 5.41) is 12.4. The zero-order valence-corrected chi connectivity index (χ0v) is 49.8. The third-order valence-electron chi connectivity index (χ3n) is 16.5. The molecule has 2 unspecified atom stereocenters. The summed E-state index contributed by atoms with van der Waals surface area (Å²) in [7, 11) is 1.73. The summed E-state index contributed by atoms with van der Waals surface area (Å²) >= 11 is 1.39. The Morgan fingerprint density at radius 3 is 2.13 bits per heavy atom. The van der Waals surface area contributed by atoms with Crippen LogP contribution in [0.2, 0.25) is 0 Å². The Morgan fingerprint density at radius 2 is 1.45 bits per heavy atom. The Bertz CT molecular complexity index is 3100. The van der Waals surface area contributed by atoms with Crippen molar-refractivity contribution in [3.63, 3.8) is 0 Å². The molecule has 9 rings (SSSR count). The highest BCUT2D eigenvalue weighted by Gasteiger charge is 2.40. The van der Waals surface area contributed by atoms with Gasteiger partial charge in [0.15, 0.2) is 5.78 Å². The monoisotopic (exact) mass is 1180 g/mol. The molecule has 3 amide bonds. The maximum absolute atomic E-state index is 14.2. The molecular formula is C61H81N11O11S. The number of thiazole rings is 1. The number of ketones is 2. The van der Waals surface area contributed by atoms with Crippen molar-refractivity contribution in [2.45, 2.75) is 122 Å². The van der Waals surface area contributed by atoms with E-state index in [4.69, 9.17) is 33.7 Å². The molecule has 2 aliphatic carbocycles. The molecule has 23 heteroatoms. The van der Waals surface area contributed by atoms with Crippen molar-refractivity contribution in [3.8, 4) is 5.75 Å². The van der Waals surface area contributed by atoms with Crippen LogP contribution in [0.15, 0.2) is 59.0 Å². The highest BCUT2D eigenvalue weighted by molar-refractivity contribution is 7.10. The van der Waals surface area contributed by atoms with Gasteiger partial charge in [-0.25, -0.2) is 15.0 Å². The molecule has 452 valence electrons. The molecule has 3 N–H and O–H groups in total. The standard InChI is InChI=1S/C61H81N11O11S/c1-40-48-38-64-61(68-56(48)72(45-15-8-9-16-45)59(77)53(40)42(3)73)66-51-20-19-46(37-63-51)69-23-25-70(26-24-69)52(74)21-27-79-28-29-80-30-31-81-32-33-82-34-35-83-47-17-10-14-44(36-47)55(75)49-39-84-58(65-49)50-18-11-22-71(50)60(78)54(43-12-6-5-7-13-43)67-57(76)41(2)62-4/h10,14,17,19-20,36-39,41,43,45,50,54,62H,5-9,11-13,15-16,18,21-35H2,1-4H3,(H,67,76)(H,63,64,66,68)/t41?,50-,54?/m0/s1. The second kappa shape index (κ2) is 30.4. The van der Waals surface area contributed by atoms with Crippen LogP contribution in [0.5, 0.6) is 5.75 Å². The molecule has 84 heavy (non-hydrogen) atoms. The highest BCUT2D eigenvalue weighted by Crippen LogP contribution is 2.37. The van der Waals surface area contributed by atoms with Crippen LogP contribution in [0.4, 0.5) is 17.5 Å².